The van der Waals surface area contributed by atoms with E-state index in [9.17, 15) is 5.11 Å². The Labute approximate surface area is 120 Å². The minimum atomic E-state index is -0.515. The number of para-hydroxylation sites is 1. The van der Waals surface area contributed by atoms with E-state index in [1.165, 1.54) is 0 Å². The van der Waals surface area contributed by atoms with Crippen LogP contribution in [-0.4, -0.2) is 42.4 Å². The fourth-order valence-corrected chi connectivity index (χ4v) is 2.77. The summed E-state index contributed by atoms with van der Waals surface area (Å²) in [6, 6.07) is 9.37. The van der Waals surface area contributed by atoms with Gasteiger partial charge in [0.2, 0.25) is 0 Å². The Kier molecular flexibility index (Phi) is 4.99. The lowest BCUT2D eigenvalue weighted by Crippen LogP contribution is -2.40. The number of nitriles is 1. The van der Waals surface area contributed by atoms with Gasteiger partial charge in [-0.3, -0.25) is 0 Å². The number of aliphatic hydroxyl groups is 1. The molecule has 1 fully saturated rings. The van der Waals surface area contributed by atoms with Crippen LogP contribution in [0.3, 0.4) is 0 Å². The van der Waals surface area contributed by atoms with Crippen LogP contribution in [0.4, 0.5) is 0 Å². The second kappa shape index (κ2) is 6.74. The van der Waals surface area contributed by atoms with Crippen LogP contribution >= 0.6 is 0 Å². The van der Waals surface area contributed by atoms with Crippen LogP contribution in [0.2, 0.25) is 0 Å². The molecule has 1 aromatic carbocycles. The second-order valence-corrected chi connectivity index (χ2v) is 5.63. The minimum absolute atomic E-state index is 0.515. The lowest BCUT2D eigenvalue weighted by atomic mass is 10.0. The number of rotatable bonds is 6. The van der Waals surface area contributed by atoms with E-state index in [2.05, 4.69) is 11.0 Å². The van der Waals surface area contributed by atoms with Crippen LogP contribution in [-0.2, 0) is 0 Å². The molecule has 4 nitrogen and oxygen atoms in total. The van der Waals surface area contributed by atoms with Crippen molar-refractivity contribution in [2.24, 2.45) is 0 Å². The quantitative estimate of drug-likeness (QED) is 0.864. The molecule has 0 unspecified atom stereocenters. The van der Waals surface area contributed by atoms with Gasteiger partial charge in [0.05, 0.1) is 11.2 Å². The van der Waals surface area contributed by atoms with Gasteiger partial charge in [-0.1, -0.05) is 25.0 Å². The van der Waals surface area contributed by atoms with Crippen LogP contribution in [0.1, 0.15) is 31.2 Å². The molecule has 1 aliphatic rings. The fraction of sp³-hybridized carbons (Fsp3) is 0.562. The smallest absolute Gasteiger partial charge is 0.137 e. The molecule has 1 saturated carbocycles. The Morgan fingerprint density at radius 1 is 1.35 bits per heavy atom. The van der Waals surface area contributed by atoms with Gasteiger partial charge >= 0.3 is 0 Å². The Bertz CT molecular complexity index is 476. The molecule has 1 N–H and O–H groups in total. The predicted molar refractivity (Wildman–Crippen MR) is 77.6 cm³/mol. The maximum absolute atomic E-state index is 10.3. The number of ether oxygens (including phenoxy) is 1. The molecule has 1 aromatic rings. The summed E-state index contributed by atoms with van der Waals surface area (Å²) in [6.07, 6.45) is 4.04. The molecule has 1 aliphatic carbocycles. The molecule has 0 aromatic heterocycles. The largest absolute Gasteiger partial charge is 0.491 e. The first-order valence-electron chi connectivity index (χ1n) is 7.16. The molecule has 0 bridgehead atoms. The first kappa shape index (κ1) is 14.8. The molecule has 20 heavy (non-hydrogen) atoms. The molecule has 0 spiro atoms. The average Bonchev–Trinajstić information content (AvgIpc) is 2.85. The van der Waals surface area contributed by atoms with Crippen LogP contribution in [0.15, 0.2) is 24.3 Å². The van der Waals surface area contributed by atoms with Crippen molar-refractivity contribution in [1.82, 2.24) is 4.90 Å². The van der Waals surface area contributed by atoms with Crippen molar-refractivity contribution >= 4 is 0 Å². The fourth-order valence-electron chi connectivity index (χ4n) is 2.77. The summed E-state index contributed by atoms with van der Waals surface area (Å²) >= 11 is 0. The number of hydrogen-bond donors (Lipinski definition) is 1. The third-order valence-corrected chi connectivity index (χ3v) is 3.84. The van der Waals surface area contributed by atoms with Gasteiger partial charge in [0, 0.05) is 13.1 Å². The van der Waals surface area contributed by atoms with E-state index in [4.69, 9.17) is 10.00 Å². The Morgan fingerprint density at radius 3 is 2.75 bits per heavy atom. The van der Waals surface area contributed by atoms with Crippen molar-refractivity contribution in [3.8, 4) is 11.8 Å². The van der Waals surface area contributed by atoms with Crippen LogP contribution in [0.25, 0.3) is 0 Å². The van der Waals surface area contributed by atoms with Gasteiger partial charge in [-0.2, -0.15) is 5.26 Å². The minimum Gasteiger partial charge on any atom is -0.491 e. The van der Waals surface area contributed by atoms with Crippen LogP contribution < -0.4 is 4.74 Å². The number of hydrogen-bond acceptors (Lipinski definition) is 4. The molecule has 0 atom stereocenters. The third-order valence-electron chi connectivity index (χ3n) is 3.84. The monoisotopic (exact) mass is 274 g/mol. The van der Waals surface area contributed by atoms with E-state index >= 15 is 0 Å². The van der Waals surface area contributed by atoms with Gasteiger partial charge in [0.1, 0.15) is 18.4 Å². The summed E-state index contributed by atoms with van der Waals surface area (Å²) < 4.78 is 5.65. The predicted octanol–water partition coefficient (Wildman–Crippen LogP) is 2.17. The third kappa shape index (κ3) is 3.96. The van der Waals surface area contributed by atoms with Gasteiger partial charge in [-0.25, -0.2) is 0 Å². The van der Waals surface area contributed by atoms with Crippen molar-refractivity contribution in [2.45, 2.75) is 31.3 Å². The lowest BCUT2D eigenvalue weighted by Gasteiger charge is -2.28. The van der Waals surface area contributed by atoms with E-state index in [1.54, 1.807) is 6.07 Å². The molecule has 0 amide bonds. The van der Waals surface area contributed by atoms with Crippen molar-refractivity contribution in [3.63, 3.8) is 0 Å². The molecule has 0 aliphatic heterocycles. The van der Waals surface area contributed by atoms with Crippen molar-refractivity contribution in [2.75, 3.05) is 26.7 Å². The Hall–Kier alpha value is -1.57. The molecule has 0 saturated heterocycles. The summed E-state index contributed by atoms with van der Waals surface area (Å²) in [5.41, 5.74) is 0.0452. The number of benzene rings is 1. The van der Waals surface area contributed by atoms with Gasteiger partial charge in [0.25, 0.3) is 0 Å². The van der Waals surface area contributed by atoms with Crippen LogP contribution in [0, 0.1) is 11.3 Å². The molecule has 4 heteroatoms. The van der Waals surface area contributed by atoms with Gasteiger partial charge in [-0.05, 0) is 32.0 Å². The van der Waals surface area contributed by atoms with E-state index in [0.717, 1.165) is 32.2 Å². The number of nitrogens with zero attached hydrogens (tertiary/aromatic N) is 2. The second-order valence-electron chi connectivity index (χ2n) is 5.63. The summed E-state index contributed by atoms with van der Waals surface area (Å²) in [6.45, 7) is 1.95. The zero-order valence-corrected chi connectivity index (χ0v) is 12.0. The number of likely N-dealkylation sites (N-methyl/N-ethyl adjacent to an activating group) is 1. The first-order valence-corrected chi connectivity index (χ1v) is 7.16. The highest BCUT2D eigenvalue weighted by Gasteiger charge is 2.31. The molecule has 2 rings (SSSR count). The van der Waals surface area contributed by atoms with E-state index in [1.807, 2.05) is 25.2 Å². The topological polar surface area (TPSA) is 56.5 Å². The van der Waals surface area contributed by atoms with Crippen molar-refractivity contribution < 1.29 is 9.84 Å². The molecular formula is C16H22N2O2. The normalized spacial score (nSPS) is 17.1. The van der Waals surface area contributed by atoms with Gasteiger partial charge < -0.3 is 14.7 Å². The first-order chi connectivity index (χ1) is 9.63. The van der Waals surface area contributed by atoms with E-state index < -0.39 is 5.60 Å². The average molecular weight is 274 g/mol. The highest BCUT2D eigenvalue weighted by atomic mass is 16.5. The van der Waals surface area contributed by atoms with Crippen LogP contribution in [0.5, 0.6) is 5.75 Å². The Morgan fingerprint density at radius 2 is 2.05 bits per heavy atom. The SMILES string of the molecule is CN(CCOc1ccccc1C#N)CC1(O)CCCC1. The molecular weight excluding hydrogens is 252 g/mol. The maximum atomic E-state index is 10.3. The zero-order chi connectivity index (χ0) is 14.4. The summed E-state index contributed by atoms with van der Waals surface area (Å²) in [7, 11) is 2.00. The summed E-state index contributed by atoms with van der Waals surface area (Å²) in [5.74, 6) is 0.628. The lowest BCUT2D eigenvalue weighted by molar-refractivity contribution is 0.0139. The Balaban J connectivity index is 1.76. The van der Waals surface area contributed by atoms with E-state index in [-0.39, 0.29) is 0 Å². The van der Waals surface area contributed by atoms with Crippen molar-refractivity contribution in [3.05, 3.63) is 29.8 Å². The highest BCUT2D eigenvalue weighted by Crippen LogP contribution is 2.29. The maximum Gasteiger partial charge on any atom is 0.137 e. The van der Waals surface area contributed by atoms with Gasteiger partial charge in [-0.15, -0.1) is 0 Å². The highest BCUT2D eigenvalue weighted by molar-refractivity contribution is 5.42. The van der Waals surface area contributed by atoms with Crippen molar-refractivity contribution in [1.29, 1.82) is 5.26 Å². The summed E-state index contributed by atoms with van der Waals surface area (Å²) in [5, 5.41) is 19.3. The summed E-state index contributed by atoms with van der Waals surface area (Å²) in [4.78, 5) is 2.10. The van der Waals surface area contributed by atoms with Gasteiger partial charge in [0.15, 0.2) is 0 Å². The molecule has 108 valence electrons. The zero-order valence-electron chi connectivity index (χ0n) is 12.0. The molecule has 0 heterocycles. The standard InChI is InChI=1S/C16H22N2O2/c1-18(13-16(19)8-4-5-9-16)10-11-20-15-7-3-2-6-14(15)12-17/h2-3,6-7,19H,4-5,8-11,13H2,1H3. The molecule has 0 radical (unpaired) electrons. The van der Waals surface area contributed by atoms with E-state index in [0.29, 0.717) is 24.5 Å².